The molecule has 0 atom stereocenters. The Labute approximate surface area is 162 Å². The number of carbonyl (C=O) groups excluding carboxylic acids is 1. The summed E-state index contributed by atoms with van der Waals surface area (Å²) in [4.78, 5) is 25.2. The second-order valence-corrected chi connectivity index (χ2v) is 6.80. The average Bonchev–Trinajstić information content (AvgIpc) is 3.13. The molecule has 6 heteroatoms. The molecule has 2 heterocycles. The third-order valence-corrected chi connectivity index (χ3v) is 4.78. The van der Waals surface area contributed by atoms with Gasteiger partial charge >= 0.3 is 0 Å². The van der Waals surface area contributed by atoms with Gasteiger partial charge in [-0.25, -0.2) is 4.52 Å². The lowest BCUT2D eigenvalue weighted by Gasteiger charge is -2.09. The summed E-state index contributed by atoms with van der Waals surface area (Å²) in [5.41, 5.74) is 4.81. The van der Waals surface area contributed by atoms with E-state index in [9.17, 15) is 9.59 Å². The molecule has 140 valence electrons. The van der Waals surface area contributed by atoms with E-state index >= 15 is 0 Å². The van der Waals surface area contributed by atoms with Crippen molar-refractivity contribution in [3.8, 4) is 11.3 Å². The van der Waals surface area contributed by atoms with Gasteiger partial charge in [-0.15, -0.1) is 0 Å². The number of carbonyl (C=O) groups is 1. The second kappa shape index (κ2) is 7.15. The van der Waals surface area contributed by atoms with Gasteiger partial charge in [-0.05, 0) is 43.2 Å². The Bertz CT molecular complexity index is 1220. The first-order chi connectivity index (χ1) is 13.5. The van der Waals surface area contributed by atoms with Gasteiger partial charge in [-0.2, -0.15) is 5.10 Å². The van der Waals surface area contributed by atoms with E-state index in [-0.39, 0.29) is 18.0 Å². The molecule has 0 aliphatic heterocycles. The molecule has 0 unspecified atom stereocenters. The molecule has 1 N–H and O–H groups in total. The van der Waals surface area contributed by atoms with Gasteiger partial charge in [0.1, 0.15) is 12.1 Å². The van der Waals surface area contributed by atoms with Crippen LogP contribution in [0.15, 0.2) is 71.8 Å². The van der Waals surface area contributed by atoms with Gasteiger partial charge in [-0.1, -0.05) is 36.4 Å². The lowest BCUT2D eigenvalue weighted by Crippen LogP contribution is -2.28. The smallest absolute Gasteiger partial charge is 0.277 e. The lowest BCUT2D eigenvalue weighted by atomic mass is 10.1. The summed E-state index contributed by atoms with van der Waals surface area (Å²) < 4.78 is 2.94. The van der Waals surface area contributed by atoms with Crippen LogP contribution in [0, 0.1) is 13.8 Å². The number of fused-ring (bicyclic) bond motifs is 1. The molecule has 28 heavy (non-hydrogen) atoms. The minimum Gasteiger partial charge on any atom is -0.325 e. The number of hydrogen-bond donors (Lipinski definition) is 1. The number of anilines is 1. The molecule has 1 amide bonds. The first-order valence-electron chi connectivity index (χ1n) is 9.02. The molecule has 0 saturated heterocycles. The molecule has 2 aromatic carbocycles. The van der Waals surface area contributed by atoms with Crippen molar-refractivity contribution in [2.45, 2.75) is 20.4 Å². The standard InChI is InChI=1S/C22H20N4O2/c1-15-8-9-18(12-16(15)2)23-21(27)14-25-10-11-26-20(22(25)28)13-19(24-26)17-6-4-3-5-7-17/h3-13H,14H2,1-2H3,(H,23,27). The number of aryl methyl sites for hydroxylation is 2. The normalized spacial score (nSPS) is 10.9. The molecule has 0 bridgehead atoms. The Morgan fingerprint density at radius 2 is 1.79 bits per heavy atom. The molecular weight excluding hydrogens is 352 g/mol. The maximum atomic E-state index is 12.8. The Morgan fingerprint density at radius 3 is 2.54 bits per heavy atom. The van der Waals surface area contributed by atoms with Gasteiger partial charge < -0.3 is 9.88 Å². The summed E-state index contributed by atoms with van der Waals surface area (Å²) in [6, 6.07) is 17.1. The molecule has 6 nitrogen and oxygen atoms in total. The summed E-state index contributed by atoms with van der Waals surface area (Å²) in [7, 11) is 0. The van der Waals surface area contributed by atoms with E-state index in [0.717, 1.165) is 28.1 Å². The van der Waals surface area contributed by atoms with Gasteiger partial charge in [-0.3, -0.25) is 9.59 Å². The SMILES string of the molecule is Cc1ccc(NC(=O)Cn2ccn3nc(-c4ccccc4)cc3c2=O)cc1C. The summed E-state index contributed by atoms with van der Waals surface area (Å²) >= 11 is 0. The molecule has 0 saturated carbocycles. The Kier molecular flexibility index (Phi) is 4.53. The zero-order valence-electron chi connectivity index (χ0n) is 15.7. The molecule has 0 fully saturated rings. The Hall–Kier alpha value is -3.67. The van der Waals surface area contributed by atoms with Crippen molar-refractivity contribution in [3.05, 3.63) is 88.5 Å². The maximum absolute atomic E-state index is 12.8. The van der Waals surface area contributed by atoms with E-state index in [4.69, 9.17) is 0 Å². The van der Waals surface area contributed by atoms with Crippen LogP contribution < -0.4 is 10.9 Å². The number of aromatic nitrogens is 3. The fraction of sp³-hybridized carbons (Fsp3) is 0.136. The third kappa shape index (κ3) is 3.44. The van der Waals surface area contributed by atoms with Crippen LogP contribution in [-0.2, 0) is 11.3 Å². The summed E-state index contributed by atoms with van der Waals surface area (Å²) in [5.74, 6) is -0.252. The maximum Gasteiger partial charge on any atom is 0.277 e. The van der Waals surface area contributed by atoms with Gasteiger partial charge in [0.2, 0.25) is 5.91 Å². The lowest BCUT2D eigenvalue weighted by molar-refractivity contribution is -0.116. The molecule has 0 aliphatic carbocycles. The van der Waals surface area contributed by atoms with Crippen molar-refractivity contribution in [1.82, 2.24) is 14.2 Å². The number of rotatable bonds is 4. The van der Waals surface area contributed by atoms with Gasteiger partial charge in [0.15, 0.2) is 0 Å². The fourth-order valence-electron chi connectivity index (χ4n) is 3.08. The van der Waals surface area contributed by atoms with Crippen molar-refractivity contribution in [1.29, 1.82) is 0 Å². The van der Waals surface area contributed by atoms with Crippen LogP contribution in [0.2, 0.25) is 0 Å². The highest BCUT2D eigenvalue weighted by Gasteiger charge is 2.11. The number of nitrogens with one attached hydrogen (secondary N) is 1. The number of benzene rings is 2. The molecule has 0 radical (unpaired) electrons. The Balaban J connectivity index is 1.58. The average molecular weight is 372 g/mol. The van der Waals surface area contributed by atoms with Crippen LogP contribution in [0.25, 0.3) is 16.8 Å². The topological polar surface area (TPSA) is 68.4 Å². The molecule has 4 aromatic rings. The number of hydrogen-bond acceptors (Lipinski definition) is 3. The second-order valence-electron chi connectivity index (χ2n) is 6.80. The van der Waals surface area contributed by atoms with Crippen molar-refractivity contribution in [3.63, 3.8) is 0 Å². The van der Waals surface area contributed by atoms with Crippen LogP contribution in [0.5, 0.6) is 0 Å². The van der Waals surface area contributed by atoms with Crippen LogP contribution in [0.3, 0.4) is 0 Å². The fourth-order valence-corrected chi connectivity index (χ4v) is 3.08. The largest absolute Gasteiger partial charge is 0.325 e. The van der Waals surface area contributed by atoms with Crippen molar-refractivity contribution in [2.75, 3.05) is 5.32 Å². The first-order valence-corrected chi connectivity index (χ1v) is 9.02. The van der Waals surface area contributed by atoms with Crippen molar-refractivity contribution in [2.24, 2.45) is 0 Å². The molecule has 2 aromatic heterocycles. The van der Waals surface area contributed by atoms with Gasteiger partial charge in [0.05, 0.1) is 5.69 Å². The monoisotopic (exact) mass is 372 g/mol. The van der Waals surface area contributed by atoms with Crippen LogP contribution in [0.1, 0.15) is 11.1 Å². The van der Waals surface area contributed by atoms with Gasteiger partial charge in [0, 0.05) is 23.6 Å². The zero-order chi connectivity index (χ0) is 19.7. The quantitative estimate of drug-likeness (QED) is 0.597. The van der Waals surface area contributed by atoms with Crippen LogP contribution >= 0.6 is 0 Å². The highest BCUT2D eigenvalue weighted by atomic mass is 16.2. The molecular formula is C22H20N4O2. The third-order valence-electron chi connectivity index (χ3n) is 4.78. The van der Waals surface area contributed by atoms with Crippen molar-refractivity contribution >= 4 is 17.1 Å². The minimum absolute atomic E-state index is 0.0614. The predicted octanol–water partition coefficient (Wildman–Crippen LogP) is 3.42. The number of nitrogens with zero attached hydrogens (tertiary/aromatic N) is 3. The minimum atomic E-state index is -0.257. The summed E-state index contributed by atoms with van der Waals surface area (Å²) in [6.07, 6.45) is 3.27. The molecule has 4 rings (SSSR count). The van der Waals surface area contributed by atoms with E-state index in [2.05, 4.69) is 10.4 Å². The first kappa shape index (κ1) is 17.7. The molecule has 0 aliphatic rings. The highest BCUT2D eigenvalue weighted by molar-refractivity contribution is 5.90. The number of amides is 1. The predicted molar refractivity (Wildman–Crippen MR) is 109 cm³/mol. The van der Waals surface area contributed by atoms with Crippen LogP contribution in [-0.4, -0.2) is 20.1 Å². The van der Waals surface area contributed by atoms with E-state index in [1.807, 2.05) is 62.4 Å². The van der Waals surface area contributed by atoms with Crippen molar-refractivity contribution < 1.29 is 4.79 Å². The van der Waals surface area contributed by atoms with E-state index in [0.29, 0.717) is 5.52 Å². The Morgan fingerprint density at radius 1 is 1.00 bits per heavy atom. The van der Waals surface area contributed by atoms with E-state index in [1.54, 1.807) is 23.0 Å². The summed E-state index contributed by atoms with van der Waals surface area (Å²) in [6.45, 7) is 3.95. The van der Waals surface area contributed by atoms with E-state index in [1.165, 1.54) is 4.57 Å². The van der Waals surface area contributed by atoms with Gasteiger partial charge in [0.25, 0.3) is 5.56 Å². The zero-order valence-corrected chi connectivity index (χ0v) is 15.7. The molecule has 0 spiro atoms. The summed E-state index contributed by atoms with van der Waals surface area (Å²) in [5, 5.41) is 7.30. The van der Waals surface area contributed by atoms with Crippen LogP contribution in [0.4, 0.5) is 5.69 Å². The highest BCUT2D eigenvalue weighted by Crippen LogP contribution is 2.18. The van der Waals surface area contributed by atoms with E-state index < -0.39 is 0 Å².